The Kier molecular flexibility index (Phi) is 5.44. The summed E-state index contributed by atoms with van der Waals surface area (Å²) in [5, 5.41) is 0.186. The van der Waals surface area contributed by atoms with Crippen LogP contribution < -0.4 is 0 Å². The Morgan fingerprint density at radius 3 is 2.56 bits per heavy atom. The predicted molar refractivity (Wildman–Crippen MR) is 141 cm³/mol. The second-order valence-electron chi connectivity index (χ2n) is 13.2. The predicted octanol–water partition coefficient (Wildman–Crippen LogP) is 7.73. The minimum absolute atomic E-state index is 0.0708. The van der Waals surface area contributed by atoms with E-state index in [4.69, 9.17) is 4.43 Å². The Hall–Kier alpha value is -1.94. The van der Waals surface area contributed by atoms with E-state index in [1.165, 1.54) is 16.7 Å². The highest BCUT2D eigenvalue weighted by Gasteiger charge is 2.60. The van der Waals surface area contributed by atoms with Crippen molar-refractivity contribution < 1.29 is 9.22 Å². The normalized spacial score (nSPS) is 35.4. The number of carbonyl (C=O) groups excluding carboxylic acids is 1. The number of hydrogen-bond donors (Lipinski definition) is 0. The van der Waals surface area contributed by atoms with Crippen molar-refractivity contribution in [3.05, 3.63) is 59.7 Å². The van der Waals surface area contributed by atoms with E-state index in [0.29, 0.717) is 24.0 Å². The first kappa shape index (κ1) is 23.8. The number of aromatic nitrogens is 1. The van der Waals surface area contributed by atoms with Gasteiger partial charge in [0.15, 0.2) is 0 Å². The van der Waals surface area contributed by atoms with Gasteiger partial charge in [-0.25, -0.2) is 0 Å². The summed E-state index contributed by atoms with van der Waals surface area (Å²) in [5.41, 5.74) is 3.73. The maximum Gasteiger partial charge on any atom is 0.250 e. The zero-order valence-corrected chi connectivity index (χ0v) is 23.1. The van der Waals surface area contributed by atoms with Crippen molar-refractivity contribution in [1.82, 2.24) is 4.98 Å². The first-order valence-electron chi connectivity index (χ1n) is 13.1. The Morgan fingerprint density at radius 2 is 1.88 bits per heavy atom. The van der Waals surface area contributed by atoms with E-state index >= 15 is 0 Å². The van der Waals surface area contributed by atoms with Gasteiger partial charge in [-0.05, 0) is 78.1 Å². The zero-order valence-electron chi connectivity index (χ0n) is 22.1. The first-order valence-corrected chi connectivity index (χ1v) is 16.0. The quantitative estimate of drug-likeness (QED) is 0.420. The largest absolute Gasteiger partial charge is 0.547 e. The monoisotopic (exact) mass is 475 g/mol. The third-order valence-corrected chi connectivity index (χ3v) is 14.6. The summed E-state index contributed by atoms with van der Waals surface area (Å²) >= 11 is 0. The van der Waals surface area contributed by atoms with Crippen LogP contribution in [0.1, 0.15) is 72.3 Å². The molecule has 1 fully saturated rings. The van der Waals surface area contributed by atoms with Crippen molar-refractivity contribution in [2.24, 2.45) is 28.6 Å². The summed E-state index contributed by atoms with van der Waals surface area (Å²) in [4.78, 5) is 18.3. The summed E-state index contributed by atoms with van der Waals surface area (Å²) in [5.74, 6) is 2.67. The van der Waals surface area contributed by atoms with Crippen LogP contribution in [0.3, 0.4) is 0 Å². The third kappa shape index (κ3) is 3.51. The van der Waals surface area contributed by atoms with E-state index < -0.39 is 8.32 Å². The number of allylic oxidation sites excluding steroid dienone is 6. The highest BCUT2D eigenvalue weighted by Crippen LogP contribution is 2.65. The van der Waals surface area contributed by atoms with E-state index in [0.717, 1.165) is 31.4 Å². The lowest BCUT2D eigenvalue weighted by Gasteiger charge is -2.55. The summed E-state index contributed by atoms with van der Waals surface area (Å²) in [6.45, 7) is 16.2. The average Bonchev–Trinajstić information content (AvgIpc) is 3.10. The summed E-state index contributed by atoms with van der Waals surface area (Å²) < 4.78 is 6.71. The van der Waals surface area contributed by atoms with Gasteiger partial charge in [0, 0.05) is 42.0 Å². The number of fused-ring (bicyclic) bond motifs is 5. The molecule has 34 heavy (non-hydrogen) atoms. The molecule has 4 aliphatic rings. The molecule has 1 aromatic heterocycles. The molecule has 1 saturated carbocycles. The van der Waals surface area contributed by atoms with Gasteiger partial charge >= 0.3 is 0 Å². The highest BCUT2D eigenvalue weighted by molar-refractivity contribution is 6.74. The number of carbonyl (C=O) groups is 1. The van der Waals surface area contributed by atoms with Crippen molar-refractivity contribution in [3.8, 4) is 0 Å². The average molecular weight is 476 g/mol. The smallest absolute Gasteiger partial charge is 0.250 e. The van der Waals surface area contributed by atoms with Crippen LogP contribution in [0, 0.1) is 28.6 Å². The number of ketones is 1. The fourth-order valence-electron chi connectivity index (χ4n) is 7.24. The van der Waals surface area contributed by atoms with Crippen LogP contribution in [0.4, 0.5) is 0 Å². The van der Waals surface area contributed by atoms with Crippen LogP contribution in [0.25, 0.3) is 5.57 Å². The fraction of sp³-hybridized carbons (Fsp3) is 0.600. The number of rotatable bonds is 3. The minimum atomic E-state index is -1.86. The van der Waals surface area contributed by atoms with Gasteiger partial charge in [-0.1, -0.05) is 52.8 Å². The van der Waals surface area contributed by atoms with Gasteiger partial charge in [0.25, 0.3) is 0 Å². The van der Waals surface area contributed by atoms with E-state index in [9.17, 15) is 4.79 Å². The van der Waals surface area contributed by atoms with Crippen LogP contribution >= 0.6 is 0 Å². The fourth-order valence-corrected chi connectivity index (χ4v) is 8.36. The number of hydrogen-bond acceptors (Lipinski definition) is 3. The molecule has 0 bridgehead atoms. The number of nitrogens with zero attached hydrogens (tertiary/aromatic N) is 1. The lowest BCUT2D eigenvalue weighted by molar-refractivity contribution is -0.139. The Morgan fingerprint density at radius 1 is 1.12 bits per heavy atom. The molecule has 5 atom stereocenters. The second-order valence-corrected chi connectivity index (χ2v) is 17.9. The van der Waals surface area contributed by atoms with Crippen LogP contribution in [0.2, 0.25) is 18.1 Å². The summed E-state index contributed by atoms with van der Waals surface area (Å²) in [7, 11) is -1.86. The van der Waals surface area contributed by atoms with Crippen LogP contribution in [-0.4, -0.2) is 19.1 Å². The van der Waals surface area contributed by atoms with Crippen molar-refractivity contribution in [2.75, 3.05) is 0 Å². The molecule has 3 nitrogen and oxygen atoms in total. The lowest BCUT2D eigenvalue weighted by Crippen LogP contribution is -2.53. The van der Waals surface area contributed by atoms with Crippen molar-refractivity contribution in [3.63, 3.8) is 0 Å². The molecule has 5 rings (SSSR count). The van der Waals surface area contributed by atoms with Gasteiger partial charge in [-0.2, -0.15) is 0 Å². The molecular weight excluding hydrogens is 434 g/mol. The summed E-state index contributed by atoms with van der Waals surface area (Å²) in [6.07, 6.45) is 15.6. The molecule has 0 aromatic carbocycles. The van der Waals surface area contributed by atoms with E-state index in [1.54, 1.807) is 0 Å². The Balaban J connectivity index is 1.45. The number of Topliss-reactive ketones (excluding diaryl/α,β-unsaturated/α-hetero) is 1. The highest BCUT2D eigenvalue weighted by atomic mass is 28.4. The van der Waals surface area contributed by atoms with Crippen LogP contribution in [0.15, 0.2) is 54.1 Å². The van der Waals surface area contributed by atoms with Crippen molar-refractivity contribution in [1.29, 1.82) is 0 Å². The molecule has 0 spiro atoms. The SMILES string of the molecule is CC(C)(C)[Si](C)(C)OC1=CC2=CC[C@@H]3[C@H](C(=O)C[C@]4(C)C(c5cccnc5)=CC[C@@H]34)[C@@]2(C)CC1. The standard InChI is InChI=1S/C30H41NO2Si/c1-28(2,3)34(6,7)33-22-14-15-29(4)21(17-22)10-11-23-25-13-12-24(20-9-8-16-31-19-20)30(25,5)18-26(32)27(23)29/h8-10,12,16-17,19,23,25,27H,11,13-15,18H2,1-7H3/t23-,25-,27+,29-,30+/m0/s1. The van der Waals surface area contributed by atoms with Gasteiger partial charge in [-0.3, -0.25) is 9.78 Å². The molecule has 0 aliphatic heterocycles. The number of pyridine rings is 1. The van der Waals surface area contributed by atoms with Gasteiger partial charge < -0.3 is 4.43 Å². The Labute approximate surface area is 206 Å². The topological polar surface area (TPSA) is 39.2 Å². The second kappa shape index (κ2) is 7.78. The van der Waals surface area contributed by atoms with E-state index in [-0.39, 0.29) is 21.8 Å². The first-order chi connectivity index (χ1) is 15.9. The molecule has 182 valence electrons. The summed E-state index contributed by atoms with van der Waals surface area (Å²) in [6, 6.07) is 4.16. The molecule has 0 amide bonds. The van der Waals surface area contributed by atoms with Crippen molar-refractivity contribution in [2.45, 2.75) is 84.9 Å². The maximum atomic E-state index is 13.9. The molecular formula is C30H41NO2Si. The molecule has 0 saturated heterocycles. The van der Waals surface area contributed by atoms with Crippen molar-refractivity contribution >= 4 is 19.7 Å². The molecule has 0 radical (unpaired) electrons. The molecule has 0 unspecified atom stereocenters. The van der Waals surface area contributed by atoms with Gasteiger partial charge in [0.1, 0.15) is 5.78 Å². The van der Waals surface area contributed by atoms with Gasteiger partial charge in [-0.15, -0.1) is 0 Å². The lowest BCUT2D eigenvalue weighted by atomic mass is 9.47. The molecule has 4 heteroatoms. The van der Waals surface area contributed by atoms with E-state index in [1.807, 2.05) is 18.5 Å². The third-order valence-electron chi connectivity index (χ3n) is 10.2. The molecule has 0 N–H and O–H groups in total. The van der Waals surface area contributed by atoms with Crippen LogP contribution in [-0.2, 0) is 9.22 Å². The zero-order chi connectivity index (χ0) is 24.5. The van der Waals surface area contributed by atoms with Gasteiger partial charge in [0.05, 0.1) is 5.76 Å². The molecule has 1 heterocycles. The molecule has 1 aromatic rings. The van der Waals surface area contributed by atoms with Gasteiger partial charge in [0.2, 0.25) is 8.32 Å². The van der Waals surface area contributed by atoms with E-state index in [2.05, 4.69) is 77.0 Å². The molecule has 4 aliphatic carbocycles. The Bertz CT molecular complexity index is 1090. The maximum absolute atomic E-state index is 13.9. The minimum Gasteiger partial charge on any atom is -0.547 e. The van der Waals surface area contributed by atoms with Crippen LogP contribution in [0.5, 0.6) is 0 Å².